The molecule has 158 valence electrons. The Morgan fingerprint density at radius 1 is 1.10 bits per heavy atom. The van der Waals surface area contributed by atoms with Gasteiger partial charge in [0.25, 0.3) is 11.8 Å². The number of likely N-dealkylation sites (tertiary alicyclic amines) is 1. The Balaban J connectivity index is 1.54. The Labute approximate surface area is 175 Å². The fourth-order valence-corrected chi connectivity index (χ4v) is 5.07. The minimum atomic E-state index is -3.50. The average molecular weight is 429 g/mol. The molecular formula is C22H24N2O5S. The molecule has 2 amide bonds. The number of sulfone groups is 1. The standard InChI is InChI=1S/C22H24N2O5S/c1-2-30(27,28)19-10-6-4-8-17(19)21(26)24-13-11-22(12-14-24)15-23-20(25)16-7-3-5-9-18(16)29-22/h3-10H,2,11-15H2,1H3,(H,23,25). The molecule has 0 atom stereocenters. The van der Waals surface area contributed by atoms with Gasteiger partial charge in [0, 0.05) is 25.9 Å². The molecule has 0 aromatic heterocycles. The normalized spacial score (nSPS) is 18.2. The highest BCUT2D eigenvalue weighted by atomic mass is 32.2. The van der Waals surface area contributed by atoms with Gasteiger partial charge in [-0.2, -0.15) is 0 Å². The Morgan fingerprint density at radius 2 is 1.77 bits per heavy atom. The lowest BCUT2D eigenvalue weighted by Crippen LogP contribution is -2.54. The third-order valence-corrected chi connectivity index (χ3v) is 7.61. The molecule has 0 aliphatic carbocycles. The summed E-state index contributed by atoms with van der Waals surface area (Å²) in [4.78, 5) is 27.2. The minimum absolute atomic E-state index is 0.0622. The van der Waals surface area contributed by atoms with Gasteiger partial charge in [-0.05, 0) is 24.3 Å². The fraction of sp³-hybridized carbons (Fsp3) is 0.364. The van der Waals surface area contributed by atoms with E-state index in [9.17, 15) is 18.0 Å². The second kappa shape index (κ2) is 7.75. The molecule has 1 spiro atoms. The number of carbonyl (C=O) groups is 2. The molecule has 0 unspecified atom stereocenters. The topological polar surface area (TPSA) is 92.8 Å². The monoisotopic (exact) mass is 428 g/mol. The van der Waals surface area contributed by atoms with Crippen LogP contribution in [0.2, 0.25) is 0 Å². The first kappa shape index (κ1) is 20.4. The number of nitrogens with one attached hydrogen (secondary N) is 1. The number of ether oxygens (including phenoxy) is 1. The third kappa shape index (κ3) is 3.67. The number of hydrogen-bond donors (Lipinski definition) is 1. The maximum absolute atomic E-state index is 13.1. The summed E-state index contributed by atoms with van der Waals surface area (Å²) >= 11 is 0. The summed E-state index contributed by atoms with van der Waals surface area (Å²) in [5.74, 6) is 0.0229. The van der Waals surface area contributed by atoms with E-state index in [2.05, 4.69) is 5.32 Å². The van der Waals surface area contributed by atoms with Crippen LogP contribution < -0.4 is 10.1 Å². The second-order valence-electron chi connectivity index (χ2n) is 7.66. The van der Waals surface area contributed by atoms with Gasteiger partial charge >= 0.3 is 0 Å². The summed E-state index contributed by atoms with van der Waals surface area (Å²) in [5.41, 5.74) is 0.121. The molecule has 0 saturated carbocycles. The summed E-state index contributed by atoms with van der Waals surface area (Å²) in [6, 6.07) is 13.5. The Bertz CT molecular complexity index is 1090. The van der Waals surface area contributed by atoms with Crippen LogP contribution in [-0.4, -0.2) is 56.1 Å². The fourth-order valence-electron chi connectivity index (χ4n) is 3.99. The minimum Gasteiger partial charge on any atom is -0.484 e. The number of fused-ring (bicyclic) bond motifs is 1. The van der Waals surface area contributed by atoms with Crippen molar-refractivity contribution >= 4 is 21.7 Å². The van der Waals surface area contributed by atoms with Crippen molar-refractivity contribution in [1.29, 1.82) is 0 Å². The molecule has 8 heteroatoms. The first-order valence-corrected chi connectivity index (χ1v) is 11.7. The third-order valence-electron chi connectivity index (χ3n) is 5.82. The molecule has 2 aliphatic heterocycles. The molecular weight excluding hydrogens is 404 g/mol. The van der Waals surface area contributed by atoms with E-state index in [1.54, 1.807) is 48.2 Å². The van der Waals surface area contributed by atoms with Crippen molar-refractivity contribution in [3.63, 3.8) is 0 Å². The van der Waals surface area contributed by atoms with Crippen molar-refractivity contribution in [3.05, 3.63) is 59.7 Å². The Kier molecular flexibility index (Phi) is 5.27. The molecule has 4 rings (SSSR count). The highest BCUT2D eigenvalue weighted by Gasteiger charge is 2.41. The average Bonchev–Trinajstić information content (AvgIpc) is 2.91. The van der Waals surface area contributed by atoms with Gasteiger partial charge < -0.3 is 15.0 Å². The highest BCUT2D eigenvalue weighted by molar-refractivity contribution is 7.91. The van der Waals surface area contributed by atoms with Gasteiger partial charge in [-0.3, -0.25) is 9.59 Å². The summed E-state index contributed by atoms with van der Waals surface area (Å²) in [6.45, 7) is 2.76. The van der Waals surface area contributed by atoms with Crippen molar-refractivity contribution in [1.82, 2.24) is 10.2 Å². The van der Waals surface area contributed by atoms with Crippen molar-refractivity contribution < 1.29 is 22.7 Å². The molecule has 2 heterocycles. The molecule has 2 aromatic rings. The van der Waals surface area contributed by atoms with E-state index in [1.165, 1.54) is 6.07 Å². The van der Waals surface area contributed by atoms with Crippen molar-refractivity contribution in [3.8, 4) is 5.75 Å². The van der Waals surface area contributed by atoms with Crippen LogP contribution in [0.3, 0.4) is 0 Å². The molecule has 30 heavy (non-hydrogen) atoms. The lowest BCUT2D eigenvalue weighted by atomic mass is 9.90. The first-order chi connectivity index (χ1) is 14.4. The lowest BCUT2D eigenvalue weighted by molar-refractivity contribution is 0.00758. The lowest BCUT2D eigenvalue weighted by Gasteiger charge is -2.41. The van der Waals surface area contributed by atoms with Crippen LogP contribution in [0.5, 0.6) is 5.75 Å². The summed E-state index contributed by atoms with van der Waals surface area (Å²) in [5, 5.41) is 2.93. The molecule has 0 radical (unpaired) electrons. The number of piperidine rings is 1. The van der Waals surface area contributed by atoms with E-state index in [-0.39, 0.29) is 28.0 Å². The molecule has 7 nitrogen and oxygen atoms in total. The molecule has 2 aliphatic rings. The van der Waals surface area contributed by atoms with Gasteiger partial charge in [0.2, 0.25) is 0 Å². The van der Waals surface area contributed by atoms with Crippen LogP contribution in [0.4, 0.5) is 0 Å². The van der Waals surface area contributed by atoms with E-state index in [0.29, 0.717) is 43.8 Å². The van der Waals surface area contributed by atoms with Crippen LogP contribution >= 0.6 is 0 Å². The summed E-state index contributed by atoms with van der Waals surface area (Å²) < 4.78 is 31.1. The maximum Gasteiger partial charge on any atom is 0.255 e. The number of benzene rings is 2. The van der Waals surface area contributed by atoms with E-state index >= 15 is 0 Å². The first-order valence-electron chi connectivity index (χ1n) is 10.0. The van der Waals surface area contributed by atoms with Gasteiger partial charge in [-0.15, -0.1) is 0 Å². The number of nitrogens with zero attached hydrogens (tertiary/aromatic N) is 1. The molecule has 1 N–H and O–H groups in total. The number of hydrogen-bond acceptors (Lipinski definition) is 5. The van der Waals surface area contributed by atoms with Gasteiger partial charge in [0.1, 0.15) is 11.4 Å². The van der Waals surface area contributed by atoms with Crippen LogP contribution in [0.1, 0.15) is 40.5 Å². The molecule has 2 aromatic carbocycles. The Hall–Kier alpha value is -2.87. The Morgan fingerprint density at radius 3 is 2.50 bits per heavy atom. The van der Waals surface area contributed by atoms with Gasteiger partial charge in [-0.25, -0.2) is 8.42 Å². The molecule has 0 bridgehead atoms. The predicted octanol–water partition coefficient (Wildman–Crippen LogP) is 2.28. The smallest absolute Gasteiger partial charge is 0.255 e. The SMILES string of the molecule is CCS(=O)(=O)c1ccccc1C(=O)N1CCC2(CC1)CNC(=O)c1ccccc1O2. The summed E-state index contributed by atoms with van der Waals surface area (Å²) in [7, 11) is -3.50. The van der Waals surface area contributed by atoms with Crippen molar-refractivity contribution in [2.45, 2.75) is 30.3 Å². The van der Waals surface area contributed by atoms with E-state index < -0.39 is 15.4 Å². The number of amides is 2. The highest BCUT2D eigenvalue weighted by Crippen LogP contribution is 2.33. The van der Waals surface area contributed by atoms with Crippen LogP contribution in [0.25, 0.3) is 0 Å². The van der Waals surface area contributed by atoms with Crippen molar-refractivity contribution in [2.24, 2.45) is 0 Å². The largest absolute Gasteiger partial charge is 0.484 e. The van der Waals surface area contributed by atoms with E-state index in [4.69, 9.17) is 4.74 Å². The zero-order chi connectivity index (χ0) is 21.4. The van der Waals surface area contributed by atoms with Gasteiger partial charge in [0.15, 0.2) is 9.84 Å². The second-order valence-corrected chi connectivity index (χ2v) is 9.90. The van der Waals surface area contributed by atoms with Crippen LogP contribution in [0, 0.1) is 0 Å². The number of para-hydroxylation sites is 1. The zero-order valence-corrected chi connectivity index (χ0v) is 17.6. The molecule has 1 fully saturated rings. The number of rotatable bonds is 3. The van der Waals surface area contributed by atoms with E-state index in [0.717, 1.165) is 0 Å². The van der Waals surface area contributed by atoms with Crippen molar-refractivity contribution in [2.75, 3.05) is 25.4 Å². The zero-order valence-electron chi connectivity index (χ0n) is 16.8. The molecule has 1 saturated heterocycles. The predicted molar refractivity (Wildman–Crippen MR) is 111 cm³/mol. The van der Waals surface area contributed by atoms with Crippen LogP contribution in [-0.2, 0) is 9.84 Å². The summed E-state index contributed by atoms with van der Waals surface area (Å²) in [6.07, 6.45) is 1.08. The quantitative estimate of drug-likeness (QED) is 0.810. The van der Waals surface area contributed by atoms with Gasteiger partial charge in [-0.1, -0.05) is 31.2 Å². The van der Waals surface area contributed by atoms with E-state index in [1.807, 2.05) is 6.07 Å². The van der Waals surface area contributed by atoms with Gasteiger partial charge in [0.05, 0.1) is 28.3 Å². The maximum atomic E-state index is 13.1. The number of carbonyl (C=O) groups excluding carboxylic acids is 2. The van der Waals surface area contributed by atoms with Crippen LogP contribution in [0.15, 0.2) is 53.4 Å².